The monoisotopic (exact) mass is 713 g/mol. The first-order chi connectivity index (χ1) is 22.1. The number of nitrogens with zero attached hydrogens (tertiary/aromatic N) is 3. The van der Waals surface area contributed by atoms with Gasteiger partial charge in [0.2, 0.25) is 11.8 Å². The molecule has 2 amide bonds. The lowest BCUT2D eigenvalue weighted by atomic mass is 9.77. The van der Waals surface area contributed by atoms with Crippen molar-refractivity contribution in [2.75, 3.05) is 31.2 Å². The summed E-state index contributed by atoms with van der Waals surface area (Å²) in [7, 11) is -5.48. The molecule has 0 spiro atoms. The average Bonchev–Trinajstić information content (AvgIpc) is 3.27. The van der Waals surface area contributed by atoms with E-state index < -0.39 is 118 Å². The van der Waals surface area contributed by atoms with Crippen LogP contribution in [0.15, 0.2) is 17.1 Å². The first-order valence-corrected chi connectivity index (χ1v) is 16.3. The van der Waals surface area contributed by atoms with Gasteiger partial charge in [0, 0.05) is 19.0 Å². The number of aliphatic hydroxyl groups excluding tert-OH is 5. The van der Waals surface area contributed by atoms with Crippen molar-refractivity contribution < 1.29 is 73.0 Å². The van der Waals surface area contributed by atoms with Crippen molar-refractivity contribution in [1.29, 1.82) is 0 Å². The summed E-state index contributed by atoms with van der Waals surface area (Å²) in [6.07, 6.45) is -11.1. The zero-order valence-electron chi connectivity index (χ0n) is 24.4. The van der Waals surface area contributed by atoms with E-state index in [1.807, 2.05) is 0 Å². The molecule has 0 saturated carbocycles. The molecular weight excluding hydrogens is 677 g/mol. The molecule has 0 aliphatic carbocycles. The lowest BCUT2D eigenvalue weighted by Crippen LogP contribution is -2.81. The molecule has 10 N–H and O–H groups in total. The number of aliphatic carboxylic acids is 1. The standard InChI is InChI=1S/C24H36N5O16PS/c25-13-3-4-28(23(39)27-13)21-19(36)18(35)12(43-21)9-42-46(40,41)45-24(22(37)38)6-10(31)16-20(44-24)17(11(32)8-30)29(16)15(34)7-26-14(33)2-1-5-47/h3-4,10-12,16-21,30-32,35-36,47H,1-2,5-9H2,(H,26,33)(H,37,38)(H,40,41)(H2,25,27,39)/t10-,11-,12-,16-,17-,18?,19+,20?,21-,24-/m1/s1. The largest absolute Gasteiger partial charge is 0.477 e. The second-order valence-corrected chi connectivity index (χ2v) is 12.8. The van der Waals surface area contributed by atoms with Crippen molar-refractivity contribution in [3.63, 3.8) is 0 Å². The Morgan fingerprint density at radius 3 is 2.60 bits per heavy atom. The fourth-order valence-corrected chi connectivity index (χ4v) is 6.71. The Morgan fingerprint density at radius 1 is 1.28 bits per heavy atom. The number of phosphoric acid groups is 1. The number of phosphoric ester groups is 1. The number of fused-ring (bicyclic) bond motifs is 1. The third-order valence-corrected chi connectivity index (χ3v) is 9.15. The van der Waals surface area contributed by atoms with Crippen LogP contribution >= 0.6 is 20.5 Å². The van der Waals surface area contributed by atoms with Gasteiger partial charge in [-0.3, -0.25) is 18.7 Å². The summed E-state index contributed by atoms with van der Waals surface area (Å²) in [5, 5.41) is 64.1. The number of rotatable bonds is 14. The van der Waals surface area contributed by atoms with Gasteiger partial charge in [-0.05, 0) is 18.2 Å². The molecule has 1 aromatic heterocycles. The van der Waals surface area contributed by atoms with E-state index in [0.717, 1.165) is 15.7 Å². The van der Waals surface area contributed by atoms with E-state index in [1.165, 1.54) is 6.07 Å². The van der Waals surface area contributed by atoms with Gasteiger partial charge in [-0.25, -0.2) is 18.7 Å². The summed E-state index contributed by atoms with van der Waals surface area (Å²) in [6.45, 7) is -2.49. The number of nitrogens with two attached hydrogens (primary N) is 1. The molecule has 3 fully saturated rings. The van der Waals surface area contributed by atoms with Crippen LogP contribution in [-0.4, -0.2) is 148 Å². The maximum atomic E-state index is 13.0. The number of hydrogen-bond donors (Lipinski definition) is 10. The number of thiol groups is 1. The molecule has 4 rings (SSSR count). The van der Waals surface area contributed by atoms with E-state index in [4.69, 9.17) is 24.3 Å². The van der Waals surface area contributed by atoms with Crippen LogP contribution in [0.3, 0.4) is 0 Å². The number of nitrogen functional groups attached to an aromatic ring is 1. The summed E-state index contributed by atoms with van der Waals surface area (Å²) >= 11 is 4.00. The number of nitrogens with one attached hydrogen (secondary N) is 1. The van der Waals surface area contributed by atoms with Gasteiger partial charge < -0.3 is 61.0 Å². The highest BCUT2D eigenvalue weighted by molar-refractivity contribution is 7.80. The Morgan fingerprint density at radius 2 is 1.98 bits per heavy atom. The molecule has 21 nitrogen and oxygen atoms in total. The zero-order chi connectivity index (χ0) is 34.8. The lowest BCUT2D eigenvalue weighted by Gasteiger charge is -2.61. The number of carbonyl (C=O) groups is 3. The maximum Gasteiger partial charge on any atom is 0.475 e. The Bertz CT molecular complexity index is 1440. The SMILES string of the molecule is Nc1ccn([C@@H]2O[C@H](COP(=O)(O)O[C@@]3(C(=O)O)C[C@@H](O)[C@@H]4C(O3)[C@@H]([C@H](O)CO)N4C(=O)CNC(=O)CCCS)C(O)[C@@H]2O)c(=O)n1. The van der Waals surface area contributed by atoms with E-state index >= 15 is 0 Å². The van der Waals surface area contributed by atoms with Gasteiger partial charge >= 0.3 is 19.5 Å². The highest BCUT2D eigenvalue weighted by atomic mass is 32.1. The summed E-state index contributed by atoms with van der Waals surface area (Å²) in [5.41, 5.74) is 4.50. The predicted molar refractivity (Wildman–Crippen MR) is 155 cm³/mol. The summed E-state index contributed by atoms with van der Waals surface area (Å²) in [4.78, 5) is 64.3. The molecule has 3 unspecified atom stereocenters. The molecule has 0 bridgehead atoms. The van der Waals surface area contributed by atoms with Gasteiger partial charge in [0.25, 0.3) is 5.79 Å². The minimum atomic E-state index is -5.48. The van der Waals surface area contributed by atoms with E-state index in [9.17, 15) is 59.3 Å². The molecule has 0 radical (unpaired) electrons. The molecule has 47 heavy (non-hydrogen) atoms. The Hall–Kier alpha value is -2.73. The number of carboxylic acid groups (broad SMARTS) is 1. The fourth-order valence-electron chi connectivity index (χ4n) is 5.59. The number of hydrogen-bond acceptors (Lipinski definition) is 17. The first kappa shape index (κ1) is 37.1. The number of amides is 2. The number of carbonyl (C=O) groups excluding carboxylic acids is 2. The third kappa shape index (κ3) is 7.79. The molecule has 3 aliphatic rings. The quantitative estimate of drug-likeness (QED) is 0.0639. The predicted octanol–water partition coefficient (Wildman–Crippen LogP) is -4.73. The van der Waals surface area contributed by atoms with Crippen LogP contribution in [0, 0.1) is 0 Å². The Labute approximate surface area is 270 Å². The second kappa shape index (κ2) is 14.8. The van der Waals surface area contributed by atoms with E-state index in [1.54, 1.807) is 0 Å². The minimum Gasteiger partial charge on any atom is -0.477 e. The molecular formula is C24H36N5O16PS. The Balaban J connectivity index is 1.45. The van der Waals surface area contributed by atoms with Gasteiger partial charge in [0.1, 0.15) is 36.3 Å². The van der Waals surface area contributed by atoms with Crippen LogP contribution < -0.4 is 16.7 Å². The molecule has 0 aromatic carbocycles. The van der Waals surface area contributed by atoms with Crippen molar-refractivity contribution in [3.8, 4) is 0 Å². The highest BCUT2D eigenvalue weighted by Gasteiger charge is 2.67. The summed E-state index contributed by atoms with van der Waals surface area (Å²) in [5.74, 6) is -6.08. The van der Waals surface area contributed by atoms with Gasteiger partial charge in [0.05, 0.1) is 37.9 Å². The van der Waals surface area contributed by atoms with Gasteiger partial charge in [-0.1, -0.05) is 0 Å². The number of aromatic nitrogens is 2. The highest BCUT2D eigenvalue weighted by Crippen LogP contribution is 2.53. The third-order valence-electron chi connectivity index (χ3n) is 7.84. The molecule has 3 saturated heterocycles. The van der Waals surface area contributed by atoms with Crippen molar-refractivity contribution in [3.05, 3.63) is 22.7 Å². The fraction of sp³-hybridized carbons (Fsp3) is 0.708. The summed E-state index contributed by atoms with van der Waals surface area (Å²) in [6, 6.07) is -1.58. The normalized spacial score (nSPS) is 33.7. The molecule has 1 aromatic rings. The van der Waals surface area contributed by atoms with Gasteiger partial charge in [0.15, 0.2) is 6.23 Å². The van der Waals surface area contributed by atoms with E-state index in [2.05, 4.69) is 22.9 Å². The van der Waals surface area contributed by atoms with E-state index in [-0.39, 0.29) is 12.2 Å². The number of carboxylic acids is 1. The van der Waals surface area contributed by atoms with Crippen LogP contribution in [0.5, 0.6) is 0 Å². The molecule has 11 atom stereocenters. The number of anilines is 1. The van der Waals surface area contributed by atoms with Crippen LogP contribution in [-0.2, 0) is 37.5 Å². The van der Waals surface area contributed by atoms with Crippen molar-refractivity contribution in [2.24, 2.45) is 0 Å². The minimum absolute atomic E-state index is 0.0755. The van der Waals surface area contributed by atoms with Crippen LogP contribution in [0.4, 0.5) is 5.82 Å². The summed E-state index contributed by atoms with van der Waals surface area (Å²) < 4.78 is 34.4. The zero-order valence-corrected chi connectivity index (χ0v) is 26.2. The van der Waals surface area contributed by atoms with Gasteiger partial charge in [-0.2, -0.15) is 17.6 Å². The molecule has 4 heterocycles. The van der Waals surface area contributed by atoms with Crippen molar-refractivity contribution in [2.45, 2.75) is 80.0 Å². The van der Waals surface area contributed by atoms with Crippen molar-refractivity contribution in [1.82, 2.24) is 19.8 Å². The second-order valence-electron chi connectivity index (χ2n) is 11.0. The van der Waals surface area contributed by atoms with E-state index in [0.29, 0.717) is 12.2 Å². The first-order valence-electron chi connectivity index (χ1n) is 14.2. The number of likely N-dealkylation sites (tertiary alicyclic amines) is 1. The Kier molecular flexibility index (Phi) is 11.7. The average molecular weight is 714 g/mol. The number of aliphatic hydroxyl groups is 5. The topological polar surface area (TPSA) is 323 Å². The smallest absolute Gasteiger partial charge is 0.475 e. The lowest BCUT2D eigenvalue weighted by molar-refractivity contribution is -0.326. The van der Waals surface area contributed by atoms with Crippen LogP contribution in [0.2, 0.25) is 0 Å². The molecule has 3 aliphatic heterocycles. The molecule has 23 heteroatoms. The maximum absolute atomic E-state index is 13.0. The van der Waals surface area contributed by atoms with Crippen LogP contribution in [0.1, 0.15) is 25.5 Å². The van der Waals surface area contributed by atoms with Crippen molar-refractivity contribution >= 4 is 44.1 Å². The van der Waals surface area contributed by atoms with Crippen LogP contribution in [0.25, 0.3) is 0 Å². The molecule has 264 valence electrons. The number of ether oxygens (including phenoxy) is 2. The van der Waals surface area contributed by atoms with Gasteiger partial charge in [-0.15, -0.1) is 0 Å².